The molecular formula is C44H77N3O7. The van der Waals surface area contributed by atoms with Gasteiger partial charge in [0.25, 0.3) is 0 Å². The number of allylic oxidation sites excluding steroid dienone is 3. The van der Waals surface area contributed by atoms with E-state index in [9.17, 15) is 19.8 Å². The Bertz CT molecular complexity index is 1220. The van der Waals surface area contributed by atoms with E-state index in [1.54, 1.807) is 6.08 Å². The van der Waals surface area contributed by atoms with E-state index in [0.717, 1.165) is 57.2 Å². The summed E-state index contributed by atoms with van der Waals surface area (Å²) in [6.07, 6.45) is 8.13. The van der Waals surface area contributed by atoms with Crippen molar-refractivity contribution >= 4 is 11.8 Å². The van der Waals surface area contributed by atoms with Crippen molar-refractivity contribution in [3.05, 3.63) is 23.8 Å². The number of ether oxygens (including phenoxy) is 3. The molecule has 0 amide bonds. The fourth-order valence-electron chi connectivity index (χ4n) is 9.64. The molecule has 2 N–H and O–H groups in total. The van der Waals surface area contributed by atoms with E-state index < -0.39 is 42.6 Å². The standard InChI is InChI=1S/C44H77N3O7/c1-11-40-36(27-47-25-30(4)20-31(5)26-47)21-29(3)12-13-38(48)32(6)22-35(16-19-46-17-14-28(2)15-18-46)44(33(7)39(49)24-41(50)53-40)54-42-23-37(45(9)10)43(51)34(8)52-42/h12-13,21,28,30-37,39-40,42-44,49,51H,11,14-20,22-27H2,1-10H3/b13-12+,29-21+. The number of ketones is 1. The number of aliphatic hydroxyl groups excluding tert-OH is 2. The van der Waals surface area contributed by atoms with E-state index in [-0.39, 0.29) is 42.1 Å². The third-order valence-electron chi connectivity index (χ3n) is 13.0. The summed E-state index contributed by atoms with van der Waals surface area (Å²) >= 11 is 0. The first kappa shape index (κ1) is 45.0. The van der Waals surface area contributed by atoms with Gasteiger partial charge in [0.1, 0.15) is 6.10 Å². The maximum Gasteiger partial charge on any atom is 0.308 e. The summed E-state index contributed by atoms with van der Waals surface area (Å²) in [5.41, 5.74) is 0.979. The van der Waals surface area contributed by atoms with E-state index in [2.05, 4.69) is 43.6 Å². The molecule has 13 unspecified atom stereocenters. The highest BCUT2D eigenvalue weighted by molar-refractivity contribution is 5.91. The molecule has 0 radical (unpaired) electrons. The second-order valence-corrected chi connectivity index (χ2v) is 18.4. The van der Waals surface area contributed by atoms with Crippen molar-refractivity contribution < 1.29 is 34.0 Å². The Kier molecular flexibility index (Phi) is 17.7. The number of likely N-dealkylation sites (N-methyl/N-ethyl adjacent to an activating group) is 1. The molecular weight excluding hydrogens is 682 g/mol. The molecule has 0 spiro atoms. The Hall–Kier alpha value is -1.66. The van der Waals surface area contributed by atoms with Crippen LogP contribution < -0.4 is 0 Å². The number of carbonyl (C=O) groups excluding carboxylic acids is 2. The molecule has 10 heteroatoms. The van der Waals surface area contributed by atoms with Crippen LogP contribution in [0.25, 0.3) is 0 Å². The predicted molar refractivity (Wildman–Crippen MR) is 215 cm³/mol. The number of likely N-dealkylation sites (tertiary alicyclic amines) is 2. The van der Waals surface area contributed by atoms with Crippen molar-refractivity contribution in [3.8, 4) is 0 Å². The monoisotopic (exact) mass is 760 g/mol. The van der Waals surface area contributed by atoms with Crippen LogP contribution in [0.3, 0.4) is 0 Å². The Balaban J connectivity index is 1.66. The summed E-state index contributed by atoms with van der Waals surface area (Å²) in [6.45, 7) is 22.6. The summed E-state index contributed by atoms with van der Waals surface area (Å²) in [4.78, 5) is 34.7. The fourth-order valence-corrected chi connectivity index (χ4v) is 9.64. The summed E-state index contributed by atoms with van der Waals surface area (Å²) in [7, 11) is 3.91. The third-order valence-corrected chi connectivity index (χ3v) is 13.0. The van der Waals surface area contributed by atoms with Gasteiger partial charge in [-0.25, -0.2) is 0 Å². The highest BCUT2D eigenvalue weighted by Gasteiger charge is 2.42. The number of aliphatic hydroxyl groups is 2. The van der Waals surface area contributed by atoms with Gasteiger partial charge in [-0.1, -0.05) is 59.3 Å². The smallest absolute Gasteiger partial charge is 0.308 e. The van der Waals surface area contributed by atoms with Gasteiger partial charge in [-0.3, -0.25) is 9.59 Å². The van der Waals surface area contributed by atoms with Crippen molar-refractivity contribution in [2.75, 3.05) is 53.4 Å². The Morgan fingerprint density at radius 1 is 0.907 bits per heavy atom. The van der Waals surface area contributed by atoms with Gasteiger partial charge in [0.15, 0.2) is 12.1 Å². The lowest BCUT2D eigenvalue weighted by molar-refractivity contribution is -0.265. The van der Waals surface area contributed by atoms with E-state index in [0.29, 0.717) is 31.1 Å². The van der Waals surface area contributed by atoms with Crippen LogP contribution in [0, 0.1) is 41.4 Å². The van der Waals surface area contributed by atoms with Crippen molar-refractivity contribution in [3.63, 3.8) is 0 Å². The topological polar surface area (TPSA) is 112 Å². The van der Waals surface area contributed by atoms with Gasteiger partial charge in [-0.15, -0.1) is 0 Å². The number of nitrogens with zero attached hydrogens (tertiary/aromatic N) is 3. The molecule has 4 aliphatic rings. The third kappa shape index (κ3) is 13.2. The van der Waals surface area contributed by atoms with Gasteiger partial charge < -0.3 is 39.1 Å². The zero-order valence-corrected chi connectivity index (χ0v) is 35.5. The highest BCUT2D eigenvalue weighted by Crippen LogP contribution is 2.35. The minimum Gasteiger partial charge on any atom is -0.462 e. The Morgan fingerprint density at radius 3 is 2.20 bits per heavy atom. The first-order valence-electron chi connectivity index (χ1n) is 21.4. The van der Waals surface area contributed by atoms with E-state index in [1.165, 1.54) is 19.3 Å². The number of esters is 1. The van der Waals surface area contributed by atoms with Gasteiger partial charge in [-0.05, 0) is 116 Å². The lowest BCUT2D eigenvalue weighted by Gasteiger charge is -2.44. The van der Waals surface area contributed by atoms with Crippen LogP contribution in [0.2, 0.25) is 0 Å². The Labute approximate surface area is 328 Å². The molecule has 13 atom stereocenters. The minimum atomic E-state index is -1.02. The Morgan fingerprint density at radius 2 is 1.57 bits per heavy atom. The molecule has 4 rings (SSSR count). The summed E-state index contributed by atoms with van der Waals surface area (Å²) < 4.78 is 19.5. The molecule has 0 aliphatic carbocycles. The maximum atomic E-state index is 13.9. The molecule has 3 fully saturated rings. The second kappa shape index (κ2) is 21.2. The number of cyclic esters (lactones) is 1. The van der Waals surface area contributed by atoms with Crippen LogP contribution in [0.5, 0.6) is 0 Å². The number of hydrogen-bond acceptors (Lipinski definition) is 10. The van der Waals surface area contributed by atoms with Crippen LogP contribution in [-0.4, -0.2) is 133 Å². The van der Waals surface area contributed by atoms with Crippen LogP contribution in [0.15, 0.2) is 23.8 Å². The lowest BCUT2D eigenvalue weighted by atomic mass is 9.79. The molecule has 3 saturated heterocycles. The normalized spacial score (nSPS) is 41.0. The quantitative estimate of drug-likeness (QED) is 0.274. The van der Waals surface area contributed by atoms with Crippen molar-refractivity contribution in [2.24, 2.45) is 41.4 Å². The van der Waals surface area contributed by atoms with E-state index >= 15 is 0 Å². The van der Waals surface area contributed by atoms with E-state index in [4.69, 9.17) is 14.2 Å². The van der Waals surface area contributed by atoms with Crippen LogP contribution in [-0.2, 0) is 23.8 Å². The van der Waals surface area contributed by atoms with Gasteiger partial charge in [0, 0.05) is 49.9 Å². The number of carbonyl (C=O) groups is 2. The zero-order valence-electron chi connectivity index (χ0n) is 35.5. The largest absolute Gasteiger partial charge is 0.462 e. The summed E-state index contributed by atoms with van der Waals surface area (Å²) in [5.74, 6) is 0.734. The average molecular weight is 760 g/mol. The summed E-state index contributed by atoms with van der Waals surface area (Å²) in [6, 6.07) is -0.161. The molecule has 4 heterocycles. The van der Waals surface area contributed by atoms with Crippen molar-refractivity contribution in [2.45, 2.75) is 150 Å². The average Bonchev–Trinajstić information content (AvgIpc) is 3.10. The highest BCUT2D eigenvalue weighted by atomic mass is 16.7. The first-order valence-corrected chi connectivity index (χ1v) is 21.4. The van der Waals surface area contributed by atoms with Crippen LogP contribution in [0.1, 0.15) is 107 Å². The van der Waals surface area contributed by atoms with Gasteiger partial charge in [-0.2, -0.15) is 0 Å². The molecule has 0 aromatic carbocycles. The number of rotatable bonds is 9. The van der Waals surface area contributed by atoms with Crippen molar-refractivity contribution in [1.29, 1.82) is 0 Å². The first-order chi connectivity index (χ1) is 25.5. The predicted octanol–water partition coefficient (Wildman–Crippen LogP) is 5.95. The molecule has 0 saturated carbocycles. The van der Waals surface area contributed by atoms with E-state index in [1.807, 2.05) is 52.8 Å². The minimum absolute atomic E-state index is 0.0558. The maximum absolute atomic E-state index is 13.9. The zero-order chi connectivity index (χ0) is 39.7. The molecule has 0 aromatic heterocycles. The fraction of sp³-hybridized carbons (Fsp3) is 0.864. The molecule has 0 bridgehead atoms. The van der Waals surface area contributed by atoms with Crippen molar-refractivity contribution in [1.82, 2.24) is 14.7 Å². The van der Waals surface area contributed by atoms with Gasteiger partial charge in [0.05, 0.1) is 30.8 Å². The van der Waals surface area contributed by atoms with Gasteiger partial charge >= 0.3 is 5.97 Å². The molecule has 10 nitrogen and oxygen atoms in total. The van der Waals surface area contributed by atoms with Gasteiger partial charge in [0.2, 0.25) is 0 Å². The summed E-state index contributed by atoms with van der Waals surface area (Å²) in [5, 5.41) is 22.8. The SMILES string of the molecule is CCC1OC(=O)CC(O)C(C)C(OC2CC(N(C)C)C(O)C(C)O2)C(CCN2CCC(C)CC2)CC(C)C(=O)/C=C/C(C)=C/C1CN1CC(C)CC(C)C1. The lowest BCUT2D eigenvalue weighted by Crippen LogP contribution is -2.55. The molecule has 4 aliphatic heterocycles. The molecule has 54 heavy (non-hydrogen) atoms. The number of hydrogen-bond donors (Lipinski definition) is 2. The molecule has 310 valence electrons. The molecule has 0 aromatic rings. The second-order valence-electron chi connectivity index (χ2n) is 18.4. The van der Waals surface area contributed by atoms with Crippen LogP contribution in [0.4, 0.5) is 0 Å². The van der Waals surface area contributed by atoms with Crippen LogP contribution >= 0.6 is 0 Å². The number of piperidine rings is 2.